The molecule has 1 saturated heterocycles. The standard InChI is InChI=1S/C15H20N4O3/c1-22-15(21)12-5-6-13(17-16-12)18-7-2-8-19(10-9-18)14(20)11-3-4-11/h5-6,11H,2-4,7-10H2,1H3. The molecule has 7 heteroatoms. The highest BCUT2D eigenvalue weighted by Crippen LogP contribution is 2.31. The van der Waals surface area contributed by atoms with Crippen molar-refractivity contribution < 1.29 is 14.3 Å². The van der Waals surface area contributed by atoms with Gasteiger partial charge < -0.3 is 14.5 Å². The second-order valence-electron chi connectivity index (χ2n) is 5.71. The minimum Gasteiger partial charge on any atom is -0.464 e. The summed E-state index contributed by atoms with van der Waals surface area (Å²) in [5.41, 5.74) is 0.201. The van der Waals surface area contributed by atoms with E-state index < -0.39 is 5.97 Å². The molecule has 1 aromatic heterocycles. The first-order chi connectivity index (χ1) is 10.7. The lowest BCUT2D eigenvalue weighted by molar-refractivity contribution is -0.132. The van der Waals surface area contributed by atoms with Crippen molar-refractivity contribution >= 4 is 17.7 Å². The fourth-order valence-electron chi connectivity index (χ4n) is 2.66. The van der Waals surface area contributed by atoms with Crippen LogP contribution in [0.5, 0.6) is 0 Å². The molecule has 1 amide bonds. The van der Waals surface area contributed by atoms with Crippen molar-refractivity contribution in [3.63, 3.8) is 0 Å². The Morgan fingerprint density at radius 1 is 1.14 bits per heavy atom. The van der Waals surface area contributed by atoms with Crippen molar-refractivity contribution in [3.05, 3.63) is 17.8 Å². The summed E-state index contributed by atoms with van der Waals surface area (Å²) < 4.78 is 4.61. The fourth-order valence-corrected chi connectivity index (χ4v) is 2.66. The predicted molar refractivity (Wildman–Crippen MR) is 79.5 cm³/mol. The average molecular weight is 304 g/mol. The Hall–Kier alpha value is -2.18. The summed E-state index contributed by atoms with van der Waals surface area (Å²) >= 11 is 0. The molecule has 1 aromatic rings. The van der Waals surface area contributed by atoms with Crippen LogP contribution in [0.25, 0.3) is 0 Å². The van der Waals surface area contributed by atoms with Crippen LogP contribution in [0.4, 0.5) is 5.82 Å². The summed E-state index contributed by atoms with van der Waals surface area (Å²) in [6, 6.07) is 3.39. The Labute approximate surface area is 129 Å². The van der Waals surface area contributed by atoms with E-state index in [4.69, 9.17) is 0 Å². The number of ether oxygens (including phenoxy) is 1. The van der Waals surface area contributed by atoms with Crippen LogP contribution in [0.3, 0.4) is 0 Å². The molecule has 2 aliphatic rings. The third kappa shape index (κ3) is 3.18. The van der Waals surface area contributed by atoms with Crippen LogP contribution >= 0.6 is 0 Å². The first kappa shape index (κ1) is 14.7. The van der Waals surface area contributed by atoms with Crippen molar-refractivity contribution in [2.24, 2.45) is 5.92 Å². The van der Waals surface area contributed by atoms with Crippen LogP contribution in [0, 0.1) is 5.92 Å². The SMILES string of the molecule is COC(=O)c1ccc(N2CCCN(C(=O)C3CC3)CC2)nn1. The zero-order valence-corrected chi connectivity index (χ0v) is 12.7. The second kappa shape index (κ2) is 6.29. The van der Waals surface area contributed by atoms with Gasteiger partial charge in [0.25, 0.3) is 0 Å². The molecule has 1 aliphatic heterocycles. The van der Waals surface area contributed by atoms with E-state index in [0.29, 0.717) is 5.91 Å². The highest BCUT2D eigenvalue weighted by molar-refractivity contribution is 5.87. The van der Waals surface area contributed by atoms with Crippen LogP contribution in [0.1, 0.15) is 29.8 Å². The number of carbonyl (C=O) groups excluding carboxylic acids is 2. The number of esters is 1. The molecule has 0 spiro atoms. The molecule has 1 saturated carbocycles. The minimum absolute atomic E-state index is 0.201. The van der Waals surface area contributed by atoms with E-state index in [0.717, 1.165) is 51.3 Å². The van der Waals surface area contributed by atoms with Crippen molar-refractivity contribution in [1.29, 1.82) is 0 Å². The Kier molecular flexibility index (Phi) is 4.22. The maximum absolute atomic E-state index is 12.1. The summed E-state index contributed by atoms with van der Waals surface area (Å²) in [6.07, 6.45) is 3.00. The molecule has 2 heterocycles. The number of methoxy groups -OCH3 is 1. The molecule has 0 radical (unpaired) electrons. The van der Waals surface area contributed by atoms with Gasteiger partial charge in [-0.1, -0.05) is 0 Å². The second-order valence-corrected chi connectivity index (χ2v) is 5.71. The van der Waals surface area contributed by atoms with E-state index in [-0.39, 0.29) is 11.6 Å². The van der Waals surface area contributed by atoms with E-state index in [1.807, 2.05) is 4.90 Å². The molecule has 22 heavy (non-hydrogen) atoms. The van der Waals surface area contributed by atoms with Gasteiger partial charge in [-0.3, -0.25) is 4.79 Å². The van der Waals surface area contributed by atoms with Crippen LogP contribution < -0.4 is 4.90 Å². The van der Waals surface area contributed by atoms with Crippen molar-refractivity contribution in [2.75, 3.05) is 38.2 Å². The molecule has 3 rings (SSSR count). The highest BCUT2D eigenvalue weighted by Gasteiger charge is 2.34. The number of nitrogens with zero attached hydrogens (tertiary/aromatic N) is 4. The van der Waals surface area contributed by atoms with Gasteiger partial charge in [0.2, 0.25) is 5.91 Å². The van der Waals surface area contributed by atoms with E-state index in [2.05, 4.69) is 19.8 Å². The Morgan fingerprint density at radius 2 is 1.95 bits per heavy atom. The monoisotopic (exact) mass is 304 g/mol. The minimum atomic E-state index is -0.490. The first-order valence-electron chi connectivity index (χ1n) is 7.65. The molecule has 1 aliphatic carbocycles. The number of aromatic nitrogens is 2. The molecule has 0 unspecified atom stereocenters. The van der Waals surface area contributed by atoms with Gasteiger partial charge in [0, 0.05) is 32.1 Å². The van der Waals surface area contributed by atoms with Gasteiger partial charge >= 0.3 is 5.97 Å². The highest BCUT2D eigenvalue weighted by atomic mass is 16.5. The Morgan fingerprint density at radius 3 is 2.59 bits per heavy atom. The van der Waals surface area contributed by atoms with Gasteiger partial charge in [-0.05, 0) is 31.4 Å². The summed E-state index contributed by atoms with van der Waals surface area (Å²) in [4.78, 5) is 27.6. The smallest absolute Gasteiger partial charge is 0.358 e. The molecule has 118 valence electrons. The number of hydrogen-bond acceptors (Lipinski definition) is 6. The van der Waals surface area contributed by atoms with Gasteiger partial charge in [0.1, 0.15) is 0 Å². The van der Waals surface area contributed by atoms with Gasteiger partial charge in [0.05, 0.1) is 7.11 Å². The zero-order chi connectivity index (χ0) is 15.5. The van der Waals surface area contributed by atoms with Crippen molar-refractivity contribution in [3.8, 4) is 0 Å². The molecule has 0 bridgehead atoms. The lowest BCUT2D eigenvalue weighted by atomic mass is 10.3. The van der Waals surface area contributed by atoms with E-state index in [1.165, 1.54) is 7.11 Å². The van der Waals surface area contributed by atoms with Crippen LogP contribution in [-0.4, -0.2) is 60.3 Å². The molecule has 7 nitrogen and oxygen atoms in total. The fraction of sp³-hybridized carbons (Fsp3) is 0.600. The van der Waals surface area contributed by atoms with Crippen molar-refractivity contribution in [2.45, 2.75) is 19.3 Å². The average Bonchev–Trinajstić information content (AvgIpc) is 3.40. The Bertz CT molecular complexity index is 556. The molecule has 0 atom stereocenters. The molecular weight excluding hydrogens is 284 g/mol. The van der Waals surface area contributed by atoms with Gasteiger partial charge in [-0.15, -0.1) is 10.2 Å². The lowest BCUT2D eigenvalue weighted by Gasteiger charge is -2.22. The molecule has 2 fully saturated rings. The summed E-state index contributed by atoms with van der Waals surface area (Å²) in [6.45, 7) is 3.10. The van der Waals surface area contributed by atoms with Gasteiger partial charge in [-0.2, -0.15) is 0 Å². The van der Waals surface area contributed by atoms with Gasteiger partial charge in [0.15, 0.2) is 11.5 Å². The topological polar surface area (TPSA) is 75.6 Å². The largest absolute Gasteiger partial charge is 0.464 e. The van der Waals surface area contributed by atoms with Crippen molar-refractivity contribution in [1.82, 2.24) is 15.1 Å². The zero-order valence-electron chi connectivity index (χ0n) is 12.7. The van der Waals surface area contributed by atoms with Crippen LogP contribution in [-0.2, 0) is 9.53 Å². The number of carbonyl (C=O) groups is 2. The summed E-state index contributed by atoms with van der Waals surface area (Å²) in [5, 5.41) is 8.00. The number of hydrogen-bond donors (Lipinski definition) is 0. The molecular formula is C15H20N4O3. The molecule has 0 aromatic carbocycles. The summed E-state index contributed by atoms with van der Waals surface area (Å²) in [5.74, 6) is 0.809. The van der Waals surface area contributed by atoms with Crippen LogP contribution in [0.15, 0.2) is 12.1 Å². The van der Waals surface area contributed by atoms with E-state index >= 15 is 0 Å². The first-order valence-corrected chi connectivity index (χ1v) is 7.65. The number of rotatable bonds is 3. The maximum atomic E-state index is 12.1. The van der Waals surface area contributed by atoms with Crippen LogP contribution in [0.2, 0.25) is 0 Å². The molecule has 0 N–H and O–H groups in total. The maximum Gasteiger partial charge on any atom is 0.358 e. The Balaban J connectivity index is 1.62. The lowest BCUT2D eigenvalue weighted by Crippen LogP contribution is -2.36. The third-order valence-corrected chi connectivity index (χ3v) is 4.10. The van der Waals surface area contributed by atoms with Gasteiger partial charge in [-0.25, -0.2) is 4.79 Å². The van der Waals surface area contributed by atoms with E-state index in [9.17, 15) is 9.59 Å². The summed E-state index contributed by atoms with van der Waals surface area (Å²) in [7, 11) is 1.32. The third-order valence-electron chi connectivity index (χ3n) is 4.10. The normalized spacial score (nSPS) is 18.8. The number of anilines is 1. The quantitative estimate of drug-likeness (QED) is 0.766. The number of amides is 1. The predicted octanol–water partition coefficient (Wildman–Crippen LogP) is 0.712. The van der Waals surface area contributed by atoms with E-state index in [1.54, 1.807) is 12.1 Å².